The minimum atomic E-state index is -0.640. The summed E-state index contributed by atoms with van der Waals surface area (Å²) in [6, 6.07) is 14.4. The molecule has 9 heteroatoms. The molecule has 7 nitrogen and oxygen atoms in total. The van der Waals surface area contributed by atoms with Gasteiger partial charge in [0.2, 0.25) is 0 Å². The summed E-state index contributed by atoms with van der Waals surface area (Å²) in [4.78, 5) is 41.9. The number of imide groups is 1. The second-order valence-electron chi connectivity index (χ2n) is 8.56. The maximum Gasteiger partial charge on any atom is 0.327 e. The molecule has 0 aliphatic carbocycles. The number of pyridine rings is 1. The molecule has 0 unspecified atom stereocenters. The van der Waals surface area contributed by atoms with E-state index in [0.717, 1.165) is 10.5 Å². The summed E-state index contributed by atoms with van der Waals surface area (Å²) in [5, 5.41) is 2.93. The van der Waals surface area contributed by atoms with Gasteiger partial charge in [-0.3, -0.25) is 24.4 Å². The largest absolute Gasteiger partial charge is 0.327 e. The monoisotopic (exact) mass is 487 g/mol. The van der Waals surface area contributed by atoms with Gasteiger partial charge < -0.3 is 0 Å². The van der Waals surface area contributed by atoms with E-state index in [9.17, 15) is 23.2 Å². The summed E-state index contributed by atoms with van der Waals surface area (Å²) >= 11 is 0. The second kappa shape index (κ2) is 8.84. The van der Waals surface area contributed by atoms with Crippen molar-refractivity contribution in [1.29, 1.82) is 0 Å². The van der Waals surface area contributed by atoms with Crippen LogP contribution in [0.15, 0.2) is 77.9 Å². The quantitative estimate of drug-likeness (QED) is 0.347. The standard InChI is InChI=1S/C27H20F2N4O3/c1-16-4-3-13-31(14-16)24-23(25(34)32(27(24)36)15-18-5-7-19(28)8-6-18)22-17(2)30-33(26(22)35)21-11-9-20(29)10-12-21/h3-14H,15H2,1-2H3/p+1. The highest BCUT2D eigenvalue weighted by Crippen LogP contribution is 2.31. The molecule has 0 atom stereocenters. The average molecular weight is 487 g/mol. The Morgan fingerprint density at radius 3 is 2.14 bits per heavy atom. The van der Waals surface area contributed by atoms with Crippen LogP contribution in [0.3, 0.4) is 0 Å². The van der Waals surface area contributed by atoms with Gasteiger partial charge in [-0.25, -0.2) is 13.5 Å². The number of aromatic nitrogens is 3. The van der Waals surface area contributed by atoms with Gasteiger partial charge in [-0.05, 0) is 61.9 Å². The molecule has 0 bridgehead atoms. The van der Waals surface area contributed by atoms with E-state index in [0.29, 0.717) is 16.9 Å². The van der Waals surface area contributed by atoms with Gasteiger partial charge in [0.05, 0.1) is 17.8 Å². The zero-order valence-electron chi connectivity index (χ0n) is 19.5. The minimum Gasteiger partial charge on any atom is -0.295 e. The SMILES string of the molecule is Cc1ccc[n+](C2=C(c3c(C)[nH]n(-c4ccc(F)cc4)c3=O)C(=O)N(Cc3ccc(F)cc3)C2=O)c1. The van der Waals surface area contributed by atoms with Gasteiger partial charge in [0.25, 0.3) is 17.2 Å². The van der Waals surface area contributed by atoms with E-state index in [1.165, 1.54) is 57.8 Å². The maximum absolute atomic E-state index is 13.7. The number of halogens is 2. The van der Waals surface area contributed by atoms with Crippen molar-refractivity contribution in [3.05, 3.63) is 117 Å². The van der Waals surface area contributed by atoms with Crippen LogP contribution in [0.1, 0.15) is 22.4 Å². The van der Waals surface area contributed by atoms with Crippen LogP contribution in [0, 0.1) is 25.5 Å². The highest BCUT2D eigenvalue weighted by Gasteiger charge is 2.47. The Hall–Kier alpha value is -4.66. The molecule has 0 spiro atoms. The lowest BCUT2D eigenvalue weighted by Crippen LogP contribution is -2.39. The molecule has 3 heterocycles. The third-order valence-corrected chi connectivity index (χ3v) is 6.01. The first-order valence-corrected chi connectivity index (χ1v) is 11.2. The van der Waals surface area contributed by atoms with Crippen LogP contribution in [0.4, 0.5) is 8.78 Å². The molecule has 0 saturated heterocycles. The van der Waals surface area contributed by atoms with Crippen LogP contribution in [0.25, 0.3) is 17.0 Å². The summed E-state index contributed by atoms with van der Waals surface area (Å²) in [6.45, 7) is 3.38. The van der Waals surface area contributed by atoms with Crippen LogP contribution in [0.5, 0.6) is 0 Å². The van der Waals surface area contributed by atoms with Gasteiger partial charge in [-0.2, -0.15) is 4.57 Å². The first kappa shape index (κ1) is 23.1. The lowest BCUT2D eigenvalue weighted by Gasteiger charge is -2.13. The zero-order chi connectivity index (χ0) is 25.6. The smallest absolute Gasteiger partial charge is 0.295 e. The fourth-order valence-electron chi connectivity index (χ4n) is 4.29. The Morgan fingerprint density at radius 2 is 1.50 bits per heavy atom. The molecule has 4 aromatic rings. The summed E-state index contributed by atoms with van der Waals surface area (Å²) in [6.07, 6.45) is 3.33. The zero-order valence-corrected chi connectivity index (χ0v) is 19.5. The van der Waals surface area contributed by atoms with Crippen LogP contribution in [0.2, 0.25) is 0 Å². The topological polar surface area (TPSA) is 79.1 Å². The minimum absolute atomic E-state index is 0.0382. The second-order valence-corrected chi connectivity index (χ2v) is 8.56. The highest BCUT2D eigenvalue weighted by atomic mass is 19.1. The lowest BCUT2D eigenvalue weighted by atomic mass is 10.1. The molecule has 1 aliphatic rings. The van der Waals surface area contributed by atoms with E-state index in [1.807, 2.05) is 13.0 Å². The van der Waals surface area contributed by atoms with Crippen LogP contribution >= 0.6 is 0 Å². The number of benzene rings is 2. The van der Waals surface area contributed by atoms with Gasteiger partial charge in [0, 0.05) is 17.3 Å². The van der Waals surface area contributed by atoms with E-state index < -0.39 is 29.0 Å². The normalized spacial score (nSPS) is 13.7. The number of amides is 2. The van der Waals surface area contributed by atoms with Crippen molar-refractivity contribution in [2.45, 2.75) is 20.4 Å². The average Bonchev–Trinajstić information content (AvgIpc) is 3.27. The molecular formula is C27H21F2N4O3+. The number of aryl methyl sites for hydroxylation is 2. The molecule has 2 aromatic heterocycles. The molecule has 0 saturated carbocycles. The Bertz CT molecular complexity index is 1600. The number of rotatable bonds is 5. The maximum atomic E-state index is 13.7. The van der Waals surface area contributed by atoms with Gasteiger partial charge >= 0.3 is 5.91 Å². The van der Waals surface area contributed by atoms with E-state index >= 15 is 0 Å². The Balaban J connectivity index is 1.68. The van der Waals surface area contributed by atoms with E-state index in [-0.39, 0.29) is 23.4 Å². The fraction of sp³-hybridized carbons (Fsp3) is 0.111. The molecular weight excluding hydrogens is 466 g/mol. The van der Waals surface area contributed by atoms with Crippen molar-refractivity contribution in [1.82, 2.24) is 14.7 Å². The number of hydrogen-bond acceptors (Lipinski definition) is 3. The number of nitrogens with zero attached hydrogens (tertiary/aromatic N) is 3. The highest BCUT2D eigenvalue weighted by molar-refractivity contribution is 6.44. The summed E-state index contributed by atoms with van der Waals surface area (Å²) in [5.74, 6) is -2.11. The van der Waals surface area contributed by atoms with Gasteiger partial charge in [0.15, 0.2) is 12.4 Å². The summed E-state index contributed by atoms with van der Waals surface area (Å²) in [5.41, 5.74) is 1.64. The van der Waals surface area contributed by atoms with Crippen LogP contribution in [-0.2, 0) is 16.1 Å². The van der Waals surface area contributed by atoms with Gasteiger partial charge in [0.1, 0.15) is 17.2 Å². The van der Waals surface area contributed by atoms with Gasteiger partial charge in [-0.1, -0.05) is 12.1 Å². The van der Waals surface area contributed by atoms with Crippen molar-refractivity contribution >= 4 is 23.1 Å². The molecule has 0 radical (unpaired) electrons. The first-order valence-electron chi connectivity index (χ1n) is 11.2. The molecule has 180 valence electrons. The van der Waals surface area contributed by atoms with E-state index in [1.54, 1.807) is 25.4 Å². The number of aromatic amines is 1. The van der Waals surface area contributed by atoms with Crippen molar-refractivity contribution in [3.8, 4) is 5.69 Å². The van der Waals surface area contributed by atoms with E-state index in [2.05, 4.69) is 5.10 Å². The van der Waals surface area contributed by atoms with Crippen molar-refractivity contribution in [3.63, 3.8) is 0 Å². The molecule has 0 fully saturated rings. The number of nitrogens with one attached hydrogen (secondary N) is 1. The number of H-pyrrole nitrogens is 1. The molecule has 36 heavy (non-hydrogen) atoms. The number of hydrogen-bond donors (Lipinski definition) is 1. The van der Waals surface area contributed by atoms with Crippen LogP contribution < -0.4 is 10.1 Å². The third kappa shape index (κ3) is 3.94. The van der Waals surface area contributed by atoms with Crippen molar-refractivity contribution < 1.29 is 22.9 Å². The Morgan fingerprint density at radius 1 is 0.861 bits per heavy atom. The van der Waals surface area contributed by atoms with Crippen molar-refractivity contribution in [2.24, 2.45) is 0 Å². The molecule has 2 amide bonds. The number of carbonyl (C=O) groups excluding carboxylic acids is 2. The summed E-state index contributed by atoms with van der Waals surface area (Å²) < 4.78 is 29.6. The Labute approximate surface area is 204 Å². The predicted octanol–water partition coefficient (Wildman–Crippen LogP) is 3.29. The predicted molar refractivity (Wildman–Crippen MR) is 128 cm³/mol. The van der Waals surface area contributed by atoms with E-state index in [4.69, 9.17) is 0 Å². The number of carbonyl (C=O) groups is 2. The first-order chi connectivity index (χ1) is 17.2. The third-order valence-electron chi connectivity index (χ3n) is 6.01. The van der Waals surface area contributed by atoms with Gasteiger partial charge in [-0.15, -0.1) is 0 Å². The van der Waals surface area contributed by atoms with Crippen LogP contribution in [-0.4, -0.2) is 26.5 Å². The summed E-state index contributed by atoms with van der Waals surface area (Å²) in [7, 11) is 0. The molecule has 2 aromatic carbocycles. The molecule has 1 N–H and O–H groups in total. The van der Waals surface area contributed by atoms with Crippen molar-refractivity contribution in [2.75, 3.05) is 0 Å². The fourth-order valence-corrected chi connectivity index (χ4v) is 4.29. The Kier molecular flexibility index (Phi) is 5.68. The molecule has 5 rings (SSSR count). The molecule has 1 aliphatic heterocycles. The lowest BCUT2D eigenvalue weighted by molar-refractivity contribution is -0.577.